The quantitative estimate of drug-likeness (QED) is 0.653. The third kappa shape index (κ3) is 3.44. The lowest BCUT2D eigenvalue weighted by Gasteiger charge is -2.36. The normalized spacial score (nSPS) is 21.3. The smallest absolute Gasteiger partial charge is 0.239 e. The van der Waals surface area contributed by atoms with E-state index in [1.165, 1.54) is 0 Å². The molecule has 0 saturated carbocycles. The zero-order valence-corrected chi connectivity index (χ0v) is 9.82. The molecule has 5 heteroatoms. The van der Waals surface area contributed by atoms with E-state index in [2.05, 4.69) is 22.2 Å². The molecule has 1 rings (SSSR count). The first-order chi connectivity index (χ1) is 7.19. The molecule has 15 heavy (non-hydrogen) atoms. The molecule has 0 spiro atoms. The van der Waals surface area contributed by atoms with E-state index >= 15 is 0 Å². The number of hydrogen-bond donors (Lipinski definition) is 1. The van der Waals surface area contributed by atoms with Gasteiger partial charge in [0, 0.05) is 40.3 Å². The summed E-state index contributed by atoms with van der Waals surface area (Å²) in [6.45, 7) is 4.34. The molecule has 0 aliphatic carbocycles. The zero-order valence-electron chi connectivity index (χ0n) is 9.82. The molecule has 5 nitrogen and oxygen atoms in total. The maximum atomic E-state index is 11.6. The number of methoxy groups -OCH3 is 1. The van der Waals surface area contributed by atoms with Crippen LogP contribution in [0.2, 0.25) is 0 Å². The first-order valence-corrected chi connectivity index (χ1v) is 5.32. The van der Waals surface area contributed by atoms with Gasteiger partial charge in [0.05, 0.1) is 6.61 Å². The molecule has 1 amide bonds. The SMILES string of the molecule is CNC(=O)[C@@H](COC)N1CCN(C)CC1. The number of hydrogen-bond acceptors (Lipinski definition) is 4. The summed E-state index contributed by atoms with van der Waals surface area (Å²) in [6, 6.07) is -0.145. The topological polar surface area (TPSA) is 44.8 Å². The van der Waals surface area contributed by atoms with E-state index in [1.807, 2.05) is 0 Å². The molecular formula is C10H21N3O2. The fourth-order valence-electron chi connectivity index (χ4n) is 1.80. The highest BCUT2D eigenvalue weighted by Crippen LogP contribution is 2.05. The molecule has 0 aromatic heterocycles. The van der Waals surface area contributed by atoms with Crippen LogP contribution in [-0.4, -0.2) is 75.7 Å². The van der Waals surface area contributed by atoms with Gasteiger partial charge in [-0.15, -0.1) is 0 Å². The highest BCUT2D eigenvalue weighted by atomic mass is 16.5. The summed E-state index contributed by atoms with van der Waals surface area (Å²) in [4.78, 5) is 16.1. The fourth-order valence-corrected chi connectivity index (χ4v) is 1.80. The number of piperazine rings is 1. The Morgan fingerprint density at radius 2 is 2.00 bits per heavy atom. The Bertz CT molecular complexity index is 203. The summed E-state index contributed by atoms with van der Waals surface area (Å²) in [5.41, 5.74) is 0. The van der Waals surface area contributed by atoms with Crippen LogP contribution in [0.4, 0.5) is 0 Å². The molecule has 1 aliphatic rings. The van der Waals surface area contributed by atoms with Gasteiger partial charge in [-0.2, -0.15) is 0 Å². The summed E-state index contributed by atoms with van der Waals surface area (Å²) in [7, 11) is 5.40. The van der Waals surface area contributed by atoms with Crippen LogP contribution in [0.5, 0.6) is 0 Å². The van der Waals surface area contributed by atoms with Crippen LogP contribution < -0.4 is 5.32 Å². The molecule has 0 aromatic rings. The van der Waals surface area contributed by atoms with Gasteiger partial charge >= 0.3 is 0 Å². The van der Waals surface area contributed by atoms with E-state index in [-0.39, 0.29) is 11.9 Å². The Hall–Kier alpha value is -0.650. The Morgan fingerprint density at radius 1 is 1.40 bits per heavy atom. The predicted molar refractivity (Wildman–Crippen MR) is 58.8 cm³/mol. The summed E-state index contributed by atoms with van der Waals surface area (Å²) in [5, 5.41) is 2.68. The van der Waals surface area contributed by atoms with E-state index in [0.29, 0.717) is 6.61 Å². The number of carbonyl (C=O) groups is 1. The van der Waals surface area contributed by atoms with E-state index in [4.69, 9.17) is 4.74 Å². The third-order valence-corrected chi connectivity index (χ3v) is 2.85. The average molecular weight is 215 g/mol. The lowest BCUT2D eigenvalue weighted by molar-refractivity contribution is -0.128. The highest BCUT2D eigenvalue weighted by molar-refractivity contribution is 5.81. The van der Waals surface area contributed by atoms with Crippen LogP contribution >= 0.6 is 0 Å². The monoisotopic (exact) mass is 215 g/mol. The summed E-state index contributed by atoms with van der Waals surface area (Å²) in [6.07, 6.45) is 0. The fraction of sp³-hybridized carbons (Fsp3) is 0.900. The van der Waals surface area contributed by atoms with Crippen molar-refractivity contribution in [2.45, 2.75) is 6.04 Å². The van der Waals surface area contributed by atoms with Crippen molar-refractivity contribution in [3.8, 4) is 0 Å². The van der Waals surface area contributed by atoms with Gasteiger partial charge in [0.1, 0.15) is 6.04 Å². The number of rotatable bonds is 4. The molecule has 1 N–H and O–H groups in total. The van der Waals surface area contributed by atoms with Gasteiger partial charge in [0.2, 0.25) is 5.91 Å². The zero-order chi connectivity index (χ0) is 11.3. The second-order valence-corrected chi connectivity index (χ2v) is 3.92. The van der Waals surface area contributed by atoms with Crippen molar-refractivity contribution in [2.24, 2.45) is 0 Å². The van der Waals surface area contributed by atoms with Crippen molar-refractivity contribution in [1.29, 1.82) is 0 Å². The Balaban J connectivity index is 2.51. The predicted octanol–water partition coefficient (Wildman–Crippen LogP) is -1.01. The van der Waals surface area contributed by atoms with Crippen LogP contribution in [-0.2, 0) is 9.53 Å². The van der Waals surface area contributed by atoms with E-state index in [1.54, 1.807) is 14.2 Å². The minimum absolute atomic E-state index is 0.0430. The summed E-state index contributed by atoms with van der Waals surface area (Å²) in [5.74, 6) is 0.0430. The van der Waals surface area contributed by atoms with Crippen LogP contribution in [0.1, 0.15) is 0 Å². The molecule has 0 bridgehead atoms. The van der Waals surface area contributed by atoms with Gasteiger partial charge in [-0.3, -0.25) is 9.69 Å². The minimum atomic E-state index is -0.145. The second kappa shape index (κ2) is 6.05. The Kier molecular flexibility index (Phi) is 5.01. The lowest BCUT2D eigenvalue weighted by Crippen LogP contribution is -2.55. The van der Waals surface area contributed by atoms with Crippen molar-refractivity contribution in [3.05, 3.63) is 0 Å². The van der Waals surface area contributed by atoms with Gasteiger partial charge in [0.25, 0.3) is 0 Å². The van der Waals surface area contributed by atoms with Crippen molar-refractivity contribution in [2.75, 3.05) is 54.0 Å². The van der Waals surface area contributed by atoms with E-state index < -0.39 is 0 Å². The Labute approximate surface area is 91.4 Å². The van der Waals surface area contributed by atoms with Crippen molar-refractivity contribution >= 4 is 5.91 Å². The van der Waals surface area contributed by atoms with Gasteiger partial charge in [0.15, 0.2) is 0 Å². The molecule has 1 saturated heterocycles. The largest absolute Gasteiger partial charge is 0.383 e. The number of amides is 1. The minimum Gasteiger partial charge on any atom is -0.383 e. The standard InChI is InChI=1S/C10H21N3O2/c1-11-10(14)9(8-15-3)13-6-4-12(2)5-7-13/h9H,4-8H2,1-3H3,(H,11,14)/t9-/m1/s1. The van der Waals surface area contributed by atoms with Gasteiger partial charge in [-0.05, 0) is 7.05 Å². The molecule has 1 fully saturated rings. The van der Waals surface area contributed by atoms with Crippen LogP contribution in [0, 0.1) is 0 Å². The number of likely N-dealkylation sites (N-methyl/N-ethyl adjacent to an activating group) is 2. The first-order valence-electron chi connectivity index (χ1n) is 5.32. The van der Waals surface area contributed by atoms with E-state index in [9.17, 15) is 4.79 Å². The third-order valence-electron chi connectivity index (χ3n) is 2.85. The molecule has 0 radical (unpaired) electrons. The average Bonchev–Trinajstić information content (AvgIpc) is 2.26. The summed E-state index contributed by atoms with van der Waals surface area (Å²) >= 11 is 0. The summed E-state index contributed by atoms with van der Waals surface area (Å²) < 4.78 is 5.09. The van der Waals surface area contributed by atoms with Gasteiger partial charge in [-0.1, -0.05) is 0 Å². The van der Waals surface area contributed by atoms with Gasteiger partial charge < -0.3 is 15.0 Å². The number of carbonyl (C=O) groups excluding carboxylic acids is 1. The van der Waals surface area contributed by atoms with Crippen LogP contribution in [0.15, 0.2) is 0 Å². The number of nitrogens with zero attached hydrogens (tertiary/aromatic N) is 2. The van der Waals surface area contributed by atoms with Crippen molar-refractivity contribution < 1.29 is 9.53 Å². The second-order valence-electron chi connectivity index (χ2n) is 3.92. The molecule has 1 aliphatic heterocycles. The van der Waals surface area contributed by atoms with E-state index in [0.717, 1.165) is 26.2 Å². The van der Waals surface area contributed by atoms with Crippen molar-refractivity contribution in [1.82, 2.24) is 15.1 Å². The highest BCUT2D eigenvalue weighted by Gasteiger charge is 2.27. The first kappa shape index (κ1) is 12.4. The number of nitrogens with one attached hydrogen (secondary N) is 1. The van der Waals surface area contributed by atoms with Crippen LogP contribution in [0.3, 0.4) is 0 Å². The number of ether oxygens (including phenoxy) is 1. The molecular weight excluding hydrogens is 194 g/mol. The van der Waals surface area contributed by atoms with Crippen molar-refractivity contribution in [3.63, 3.8) is 0 Å². The molecule has 1 atom stereocenters. The Morgan fingerprint density at radius 3 is 2.47 bits per heavy atom. The lowest BCUT2D eigenvalue weighted by atomic mass is 10.2. The molecule has 1 heterocycles. The molecule has 88 valence electrons. The molecule has 0 unspecified atom stereocenters. The van der Waals surface area contributed by atoms with Gasteiger partial charge in [-0.25, -0.2) is 0 Å². The maximum Gasteiger partial charge on any atom is 0.239 e. The maximum absolute atomic E-state index is 11.6. The van der Waals surface area contributed by atoms with Crippen LogP contribution in [0.25, 0.3) is 0 Å². The molecule has 0 aromatic carbocycles.